The van der Waals surface area contributed by atoms with Crippen molar-refractivity contribution in [3.8, 4) is 11.5 Å². The van der Waals surface area contributed by atoms with Crippen LogP contribution in [-0.4, -0.2) is 18.7 Å². The van der Waals surface area contributed by atoms with Gasteiger partial charge in [0, 0.05) is 22.1 Å². The fourth-order valence-electron chi connectivity index (χ4n) is 2.14. The van der Waals surface area contributed by atoms with E-state index in [9.17, 15) is 5.11 Å². The standard InChI is InChI=1S/C18H19NO2S/c1-19-11-10-17(18-7-4-12-22-18)21-16-9-8-15(20)13-5-2-3-6-14(13)16/h2-9,12,17,19-20H,10-11H2,1H3/t17-/m0/s1/i2D,3D,5D,6D,8D,9D. The van der Waals surface area contributed by atoms with Crippen molar-refractivity contribution >= 4 is 22.1 Å². The van der Waals surface area contributed by atoms with Crippen LogP contribution in [0.2, 0.25) is 0 Å². The lowest BCUT2D eigenvalue weighted by molar-refractivity contribution is 0.201. The molecule has 3 nitrogen and oxygen atoms in total. The monoisotopic (exact) mass is 319 g/mol. The third-order valence-electron chi connectivity index (χ3n) is 3.22. The van der Waals surface area contributed by atoms with E-state index >= 15 is 0 Å². The van der Waals surface area contributed by atoms with Crippen LogP contribution in [0.4, 0.5) is 0 Å². The molecule has 0 aliphatic heterocycles. The zero-order chi connectivity index (χ0) is 20.6. The fraction of sp³-hybridized carbons (Fsp3) is 0.222. The summed E-state index contributed by atoms with van der Waals surface area (Å²) in [4.78, 5) is 0.892. The van der Waals surface area contributed by atoms with E-state index in [2.05, 4.69) is 5.32 Å². The Balaban J connectivity index is 2.28. The molecule has 0 radical (unpaired) electrons. The average Bonchev–Trinajstić information content (AvgIpc) is 3.22. The van der Waals surface area contributed by atoms with Gasteiger partial charge in [0.1, 0.15) is 17.6 Å². The number of hydrogen-bond acceptors (Lipinski definition) is 4. The summed E-state index contributed by atoms with van der Waals surface area (Å²) in [7, 11) is 1.80. The van der Waals surface area contributed by atoms with Crippen LogP contribution in [0.25, 0.3) is 10.8 Å². The van der Waals surface area contributed by atoms with Gasteiger partial charge in [-0.05, 0) is 37.1 Å². The first kappa shape index (κ1) is 9.18. The Kier molecular flexibility index (Phi) is 2.84. The van der Waals surface area contributed by atoms with Gasteiger partial charge in [-0.15, -0.1) is 11.3 Å². The van der Waals surface area contributed by atoms with Gasteiger partial charge in [0.15, 0.2) is 0 Å². The molecule has 3 aromatic rings. The molecule has 3 rings (SSSR count). The number of hydrogen-bond donors (Lipinski definition) is 2. The minimum absolute atomic E-state index is 0.0875. The second-order valence-electron chi connectivity index (χ2n) is 4.69. The highest BCUT2D eigenvalue weighted by molar-refractivity contribution is 7.10. The molecule has 22 heavy (non-hydrogen) atoms. The summed E-state index contributed by atoms with van der Waals surface area (Å²) >= 11 is 1.47. The van der Waals surface area contributed by atoms with E-state index in [0.717, 1.165) is 4.88 Å². The Labute approximate surface area is 142 Å². The van der Waals surface area contributed by atoms with Crippen molar-refractivity contribution in [2.24, 2.45) is 0 Å². The number of thiophene rings is 1. The van der Waals surface area contributed by atoms with E-state index in [4.69, 9.17) is 13.0 Å². The highest BCUT2D eigenvalue weighted by Crippen LogP contribution is 2.36. The summed E-state index contributed by atoms with van der Waals surface area (Å²) in [5.41, 5.74) is 0. The van der Waals surface area contributed by atoms with E-state index in [0.29, 0.717) is 13.0 Å². The molecule has 0 fully saturated rings. The molecule has 0 unspecified atom stereocenters. The van der Waals surface area contributed by atoms with Crippen LogP contribution < -0.4 is 10.1 Å². The second-order valence-corrected chi connectivity index (χ2v) is 5.67. The number of fused-ring (bicyclic) bond motifs is 1. The molecule has 1 aromatic heterocycles. The zero-order valence-corrected chi connectivity index (χ0v) is 12.8. The molecule has 2 aromatic carbocycles. The average molecular weight is 319 g/mol. The van der Waals surface area contributed by atoms with Crippen molar-refractivity contribution in [3.63, 3.8) is 0 Å². The van der Waals surface area contributed by atoms with Crippen molar-refractivity contribution in [1.29, 1.82) is 0 Å². The molecule has 0 spiro atoms. The number of aromatic hydroxyl groups is 1. The van der Waals surface area contributed by atoms with E-state index in [1.807, 2.05) is 17.5 Å². The van der Waals surface area contributed by atoms with E-state index in [-0.39, 0.29) is 16.5 Å². The molecule has 114 valence electrons. The maximum absolute atomic E-state index is 10.3. The Morgan fingerprint density at radius 2 is 2.09 bits per heavy atom. The predicted octanol–water partition coefficient (Wildman–Crippen LogP) is 4.34. The van der Waals surface area contributed by atoms with Crippen LogP contribution in [0, 0.1) is 0 Å². The number of nitrogens with one attached hydrogen (secondary N) is 1. The molecule has 0 saturated heterocycles. The van der Waals surface area contributed by atoms with Crippen molar-refractivity contribution < 1.29 is 18.1 Å². The summed E-state index contributed by atoms with van der Waals surface area (Å²) in [6, 6.07) is 0.931. The third-order valence-corrected chi connectivity index (χ3v) is 4.19. The van der Waals surface area contributed by atoms with Crippen LogP contribution in [0.15, 0.2) is 53.8 Å². The maximum Gasteiger partial charge on any atom is 0.134 e. The Morgan fingerprint density at radius 1 is 1.27 bits per heavy atom. The Morgan fingerprint density at radius 3 is 2.82 bits per heavy atom. The van der Waals surface area contributed by atoms with Crippen LogP contribution in [0.1, 0.15) is 25.6 Å². The largest absolute Gasteiger partial charge is 0.507 e. The molecular formula is C18H19NO2S. The van der Waals surface area contributed by atoms with Crippen LogP contribution >= 0.6 is 11.3 Å². The lowest BCUT2D eigenvalue weighted by Crippen LogP contribution is -2.15. The van der Waals surface area contributed by atoms with Gasteiger partial charge in [-0.25, -0.2) is 0 Å². The molecule has 1 heterocycles. The normalized spacial score (nSPS) is 16.2. The van der Waals surface area contributed by atoms with Crippen molar-refractivity contribution in [3.05, 3.63) is 58.6 Å². The molecule has 4 heteroatoms. The smallest absolute Gasteiger partial charge is 0.134 e. The number of phenolic OH excluding ortho intramolecular Hbond substituents is 1. The van der Waals surface area contributed by atoms with Crippen molar-refractivity contribution in [1.82, 2.24) is 5.32 Å². The summed E-state index contributed by atoms with van der Waals surface area (Å²) in [6.07, 6.45) is 0.0828. The minimum Gasteiger partial charge on any atom is -0.507 e. The molecular weight excluding hydrogens is 294 g/mol. The minimum atomic E-state index is -0.651. The highest BCUT2D eigenvalue weighted by Gasteiger charge is 2.16. The van der Waals surface area contributed by atoms with E-state index in [1.54, 1.807) is 7.05 Å². The highest BCUT2D eigenvalue weighted by atomic mass is 32.1. The number of ether oxygens (including phenoxy) is 1. The van der Waals surface area contributed by atoms with Gasteiger partial charge in [0.2, 0.25) is 0 Å². The third kappa shape index (κ3) is 3.08. The van der Waals surface area contributed by atoms with Crippen LogP contribution in [0.3, 0.4) is 0 Å². The fourth-order valence-corrected chi connectivity index (χ4v) is 2.93. The van der Waals surface area contributed by atoms with Gasteiger partial charge < -0.3 is 15.2 Å². The van der Waals surface area contributed by atoms with Gasteiger partial charge in [-0.3, -0.25) is 0 Å². The van der Waals surface area contributed by atoms with Crippen molar-refractivity contribution in [2.45, 2.75) is 12.5 Å². The summed E-state index contributed by atoms with van der Waals surface area (Å²) in [6.45, 7) is 0.623. The molecule has 2 N–H and O–H groups in total. The van der Waals surface area contributed by atoms with Crippen LogP contribution in [0.5, 0.6) is 11.5 Å². The van der Waals surface area contributed by atoms with Crippen molar-refractivity contribution in [2.75, 3.05) is 13.6 Å². The predicted molar refractivity (Wildman–Crippen MR) is 91.8 cm³/mol. The number of phenols is 1. The SMILES string of the molecule is [2H]c1c([2H])c([2H])c2c(O[C@@H](CCNC)c3cccs3)c([2H])c([2H])c(O)c2c1[2H]. The molecule has 0 aliphatic carbocycles. The van der Waals surface area contributed by atoms with Crippen LogP contribution in [-0.2, 0) is 0 Å². The summed E-state index contributed by atoms with van der Waals surface area (Å²) in [5.74, 6) is -0.776. The van der Waals surface area contributed by atoms with Gasteiger partial charge in [0.05, 0.1) is 8.22 Å². The topological polar surface area (TPSA) is 41.5 Å². The van der Waals surface area contributed by atoms with Gasteiger partial charge >= 0.3 is 0 Å². The molecule has 0 bridgehead atoms. The van der Waals surface area contributed by atoms with E-state index in [1.165, 1.54) is 11.3 Å². The Hall–Kier alpha value is -2.04. The molecule has 0 aliphatic rings. The Bertz CT molecular complexity index is 1020. The quantitative estimate of drug-likeness (QED) is 0.710. The first-order chi connectivity index (χ1) is 13.3. The van der Waals surface area contributed by atoms with Gasteiger partial charge in [-0.2, -0.15) is 0 Å². The van der Waals surface area contributed by atoms with E-state index < -0.39 is 48.1 Å². The molecule has 0 amide bonds. The summed E-state index contributed by atoms with van der Waals surface area (Å²) < 4.78 is 54.5. The maximum atomic E-state index is 10.3. The zero-order valence-electron chi connectivity index (χ0n) is 18.0. The number of benzene rings is 2. The molecule has 1 atom stereocenters. The second kappa shape index (κ2) is 6.81. The first-order valence-corrected chi connectivity index (χ1v) is 7.74. The molecule has 0 saturated carbocycles. The number of rotatable bonds is 6. The first-order valence-electron chi connectivity index (χ1n) is 9.86. The van der Waals surface area contributed by atoms with Gasteiger partial charge in [-0.1, -0.05) is 30.2 Å². The van der Waals surface area contributed by atoms with Gasteiger partial charge in [0.25, 0.3) is 0 Å². The lowest BCUT2D eigenvalue weighted by atomic mass is 10.1. The lowest BCUT2D eigenvalue weighted by Gasteiger charge is -2.19. The summed E-state index contributed by atoms with van der Waals surface area (Å²) in [5, 5.41) is 15.0.